The molecule has 0 saturated carbocycles. The zero-order valence-corrected chi connectivity index (χ0v) is 14.2. The Morgan fingerprint density at radius 2 is 1.80 bits per heavy atom. The molecular weight excluding hydrogens is 340 g/mol. The number of hydrogen-bond acceptors (Lipinski definition) is 4. The summed E-state index contributed by atoms with van der Waals surface area (Å²) in [6.07, 6.45) is 1.62. The van der Waals surface area contributed by atoms with Crippen LogP contribution in [0, 0.1) is 6.92 Å². The van der Waals surface area contributed by atoms with E-state index in [0.29, 0.717) is 16.9 Å². The molecule has 0 fully saturated rings. The summed E-state index contributed by atoms with van der Waals surface area (Å²) in [5, 5.41) is 3.14. The minimum absolute atomic E-state index is 0.0817. The number of carbonyl (C=O) groups is 1. The molecule has 0 unspecified atom stereocenters. The number of para-hydroxylation sites is 1. The number of nitrogens with zero attached hydrogens (tertiary/aromatic N) is 1. The Balaban J connectivity index is 1.99. The lowest BCUT2D eigenvalue weighted by Gasteiger charge is -2.11. The molecule has 25 heavy (non-hydrogen) atoms. The molecule has 0 aliphatic heterocycles. The number of nitrogens with two attached hydrogens (primary N) is 1. The number of pyridine rings is 1. The van der Waals surface area contributed by atoms with Gasteiger partial charge in [0.15, 0.2) is 0 Å². The number of amides is 2. The Morgan fingerprint density at radius 1 is 1.08 bits per heavy atom. The number of fused-ring (bicyclic) bond motifs is 1. The van der Waals surface area contributed by atoms with Gasteiger partial charge in [-0.25, -0.2) is 13.2 Å². The zero-order chi connectivity index (χ0) is 18.0. The molecule has 0 saturated heterocycles. The highest BCUT2D eigenvalue weighted by Crippen LogP contribution is 2.25. The van der Waals surface area contributed by atoms with E-state index >= 15 is 0 Å². The number of carbonyl (C=O) groups excluding carboxylic acids is 1. The van der Waals surface area contributed by atoms with E-state index in [1.54, 1.807) is 30.5 Å². The molecule has 0 spiro atoms. The van der Waals surface area contributed by atoms with E-state index in [-0.39, 0.29) is 4.90 Å². The second-order valence-corrected chi connectivity index (χ2v) is 7.17. The maximum absolute atomic E-state index is 12.8. The third-order valence-corrected chi connectivity index (χ3v) is 4.90. The van der Waals surface area contributed by atoms with Gasteiger partial charge in [-0.1, -0.05) is 18.2 Å². The van der Waals surface area contributed by atoms with Crippen molar-refractivity contribution in [2.75, 3.05) is 10.0 Å². The van der Waals surface area contributed by atoms with Crippen molar-refractivity contribution in [2.24, 2.45) is 5.73 Å². The first-order chi connectivity index (χ1) is 11.8. The van der Waals surface area contributed by atoms with Crippen LogP contribution >= 0.6 is 0 Å². The number of aryl methyl sites for hydroxylation is 1. The van der Waals surface area contributed by atoms with E-state index in [9.17, 15) is 13.2 Å². The van der Waals surface area contributed by atoms with Gasteiger partial charge in [0.2, 0.25) is 0 Å². The highest BCUT2D eigenvalue weighted by molar-refractivity contribution is 7.93. The first kappa shape index (κ1) is 16.7. The minimum atomic E-state index is -3.85. The van der Waals surface area contributed by atoms with Gasteiger partial charge >= 0.3 is 6.03 Å². The van der Waals surface area contributed by atoms with Crippen molar-refractivity contribution in [3.8, 4) is 0 Å². The van der Waals surface area contributed by atoms with Crippen LogP contribution in [0.3, 0.4) is 0 Å². The molecule has 2 aromatic carbocycles. The van der Waals surface area contributed by atoms with Gasteiger partial charge in [0, 0.05) is 17.3 Å². The summed E-state index contributed by atoms with van der Waals surface area (Å²) in [6, 6.07) is 12.4. The minimum Gasteiger partial charge on any atom is -0.351 e. The number of anilines is 2. The summed E-state index contributed by atoms with van der Waals surface area (Å²) in [6.45, 7) is 1.89. The van der Waals surface area contributed by atoms with Crippen LogP contribution < -0.4 is 15.8 Å². The maximum Gasteiger partial charge on any atom is 0.316 e. The lowest BCUT2D eigenvalue weighted by Crippen LogP contribution is -2.19. The fourth-order valence-corrected chi connectivity index (χ4v) is 3.70. The average Bonchev–Trinajstić information content (AvgIpc) is 2.53. The van der Waals surface area contributed by atoms with Gasteiger partial charge in [-0.3, -0.25) is 9.71 Å². The Kier molecular flexibility index (Phi) is 4.28. The molecule has 0 bridgehead atoms. The van der Waals surface area contributed by atoms with E-state index in [4.69, 9.17) is 5.73 Å². The number of urea groups is 1. The molecule has 1 aromatic heterocycles. The van der Waals surface area contributed by atoms with Gasteiger partial charge < -0.3 is 11.1 Å². The van der Waals surface area contributed by atoms with Crippen LogP contribution in [0.4, 0.5) is 16.2 Å². The van der Waals surface area contributed by atoms with Crippen LogP contribution in [0.5, 0.6) is 0 Å². The molecule has 0 radical (unpaired) electrons. The van der Waals surface area contributed by atoms with Crippen LogP contribution in [0.25, 0.3) is 10.9 Å². The van der Waals surface area contributed by atoms with E-state index in [2.05, 4.69) is 15.0 Å². The molecule has 2 amide bonds. The van der Waals surface area contributed by atoms with Crippen molar-refractivity contribution >= 4 is 38.3 Å². The van der Waals surface area contributed by atoms with E-state index in [0.717, 1.165) is 10.9 Å². The number of aromatic nitrogens is 1. The second-order valence-electron chi connectivity index (χ2n) is 5.52. The van der Waals surface area contributed by atoms with Gasteiger partial charge in [-0.05, 0) is 42.8 Å². The highest BCUT2D eigenvalue weighted by Gasteiger charge is 2.18. The van der Waals surface area contributed by atoms with Gasteiger partial charge in [0.1, 0.15) is 4.90 Å². The smallest absolute Gasteiger partial charge is 0.316 e. The summed E-state index contributed by atoms with van der Waals surface area (Å²) in [7, 11) is -3.85. The molecule has 0 aliphatic rings. The Hall–Kier alpha value is -3.13. The SMILES string of the molecule is Cc1cnc2c(S(=O)(=O)Nc3cccc(NC(N)=O)c3)cccc2c1. The lowest BCUT2D eigenvalue weighted by molar-refractivity contribution is 0.259. The number of nitrogens with one attached hydrogen (secondary N) is 2. The molecular formula is C17H16N4O3S. The van der Waals surface area contributed by atoms with Crippen molar-refractivity contribution in [1.82, 2.24) is 4.98 Å². The lowest BCUT2D eigenvalue weighted by atomic mass is 10.2. The monoisotopic (exact) mass is 356 g/mol. The maximum atomic E-state index is 12.8. The number of rotatable bonds is 4. The Bertz CT molecular complexity index is 1060. The number of benzene rings is 2. The van der Waals surface area contributed by atoms with E-state index in [1.165, 1.54) is 12.1 Å². The predicted molar refractivity (Wildman–Crippen MR) is 96.9 cm³/mol. The van der Waals surface area contributed by atoms with Crippen LogP contribution in [-0.4, -0.2) is 19.4 Å². The van der Waals surface area contributed by atoms with Crippen molar-refractivity contribution in [3.05, 3.63) is 60.3 Å². The molecule has 1 heterocycles. The van der Waals surface area contributed by atoms with Gasteiger partial charge in [-0.15, -0.1) is 0 Å². The van der Waals surface area contributed by atoms with Crippen molar-refractivity contribution in [2.45, 2.75) is 11.8 Å². The van der Waals surface area contributed by atoms with Gasteiger partial charge in [0.05, 0.1) is 11.2 Å². The fraction of sp³-hybridized carbons (Fsp3) is 0.0588. The fourth-order valence-electron chi connectivity index (χ4n) is 2.47. The van der Waals surface area contributed by atoms with E-state index in [1.807, 2.05) is 19.1 Å². The first-order valence-corrected chi connectivity index (χ1v) is 8.88. The molecule has 3 rings (SSSR count). The molecule has 8 heteroatoms. The predicted octanol–water partition coefficient (Wildman–Crippen LogP) is 2.83. The zero-order valence-electron chi connectivity index (χ0n) is 13.4. The summed E-state index contributed by atoms with van der Waals surface area (Å²) >= 11 is 0. The Morgan fingerprint density at radius 3 is 2.56 bits per heavy atom. The number of hydrogen-bond donors (Lipinski definition) is 3. The summed E-state index contributed by atoms with van der Waals surface area (Å²) < 4.78 is 28.0. The number of sulfonamides is 1. The number of primary amides is 1. The van der Waals surface area contributed by atoms with Crippen LogP contribution in [0.2, 0.25) is 0 Å². The van der Waals surface area contributed by atoms with Crippen LogP contribution in [-0.2, 0) is 10.0 Å². The van der Waals surface area contributed by atoms with Crippen molar-refractivity contribution in [1.29, 1.82) is 0 Å². The topological polar surface area (TPSA) is 114 Å². The Labute approximate surface area is 144 Å². The summed E-state index contributed by atoms with van der Waals surface area (Å²) in [5.41, 5.74) is 7.10. The van der Waals surface area contributed by atoms with E-state index < -0.39 is 16.1 Å². The molecule has 4 N–H and O–H groups in total. The standard InChI is InChI=1S/C17H16N4O3S/c1-11-8-12-4-2-7-15(16(12)19-10-11)25(23,24)21-14-6-3-5-13(9-14)20-17(18)22/h2-10,21H,1H3,(H3,18,20,22). The third kappa shape index (κ3) is 3.69. The summed E-state index contributed by atoms with van der Waals surface area (Å²) in [5.74, 6) is 0. The summed E-state index contributed by atoms with van der Waals surface area (Å²) in [4.78, 5) is 15.3. The molecule has 7 nitrogen and oxygen atoms in total. The molecule has 0 aliphatic carbocycles. The van der Waals surface area contributed by atoms with Crippen LogP contribution in [0.15, 0.2) is 59.6 Å². The van der Waals surface area contributed by atoms with Crippen LogP contribution in [0.1, 0.15) is 5.56 Å². The molecule has 128 valence electrons. The van der Waals surface area contributed by atoms with Crippen molar-refractivity contribution in [3.63, 3.8) is 0 Å². The normalized spacial score (nSPS) is 11.2. The molecule has 0 atom stereocenters. The quantitative estimate of drug-likeness (QED) is 0.667. The first-order valence-electron chi connectivity index (χ1n) is 7.40. The second kappa shape index (κ2) is 6.40. The van der Waals surface area contributed by atoms with Gasteiger partial charge in [-0.2, -0.15) is 0 Å². The van der Waals surface area contributed by atoms with Crippen molar-refractivity contribution < 1.29 is 13.2 Å². The molecule has 3 aromatic rings. The highest BCUT2D eigenvalue weighted by atomic mass is 32.2. The van der Waals surface area contributed by atoms with Gasteiger partial charge in [0.25, 0.3) is 10.0 Å². The largest absolute Gasteiger partial charge is 0.351 e. The third-order valence-electron chi connectivity index (χ3n) is 3.48. The average molecular weight is 356 g/mol.